The van der Waals surface area contributed by atoms with Gasteiger partial charge in [0.15, 0.2) is 11.5 Å². The summed E-state index contributed by atoms with van der Waals surface area (Å²) >= 11 is 0. The fraction of sp³-hybridized carbons (Fsp3) is 0.267. The first-order chi connectivity index (χ1) is 19.2. The second kappa shape index (κ2) is 10.9. The van der Waals surface area contributed by atoms with Crippen molar-refractivity contribution in [2.45, 2.75) is 37.7 Å². The molecule has 3 aromatic heterocycles. The molecule has 1 aliphatic heterocycles. The van der Waals surface area contributed by atoms with Crippen LogP contribution in [-0.4, -0.2) is 32.7 Å². The number of fused-ring (bicyclic) bond motifs is 1. The second-order valence-electron chi connectivity index (χ2n) is 9.64. The molecule has 10 heteroatoms. The number of aryl methyl sites for hydroxylation is 1. The number of hydrogen-bond acceptors (Lipinski definition) is 7. The summed E-state index contributed by atoms with van der Waals surface area (Å²) in [5.41, 5.74) is 11.3. The van der Waals surface area contributed by atoms with Gasteiger partial charge in [-0.15, -0.1) is 0 Å². The molecule has 0 fully saturated rings. The Morgan fingerprint density at radius 3 is 2.58 bits per heavy atom. The molecule has 206 valence electrons. The fourth-order valence-corrected chi connectivity index (χ4v) is 4.94. The van der Waals surface area contributed by atoms with Crippen molar-refractivity contribution in [1.82, 2.24) is 19.7 Å². The first-order valence-corrected chi connectivity index (χ1v) is 12.8. The van der Waals surface area contributed by atoms with E-state index in [0.29, 0.717) is 29.0 Å². The van der Waals surface area contributed by atoms with Crippen LogP contribution in [0.1, 0.15) is 47.7 Å². The Morgan fingerprint density at radius 2 is 1.93 bits per heavy atom. The van der Waals surface area contributed by atoms with Crippen molar-refractivity contribution in [3.8, 4) is 22.6 Å². The lowest BCUT2D eigenvalue weighted by atomic mass is 9.81. The fourth-order valence-electron chi connectivity index (χ4n) is 4.94. The van der Waals surface area contributed by atoms with Gasteiger partial charge in [-0.2, -0.15) is 13.9 Å². The van der Waals surface area contributed by atoms with Crippen LogP contribution in [0.4, 0.5) is 14.5 Å². The third-order valence-electron chi connectivity index (χ3n) is 7.07. The molecule has 0 aliphatic carbocycles. The average molecular weight is 545 g/mol. The molecule has 0 spiro atoms. The van der Waals surface area contributed by atoms with E-state index in [-0.39, 0.29) is 24.1 Å². The van der Waals surface area contributed by atoms with Crippen LogP contribution >= 0.6 is 0 Å². The number of aromatic nitrogens is 4. The molecule has 1 aromatic carbocycles. The number of aliphatic imine (C=N–C) groups is 1. The van der Waals surface area contributed by atoms with Gasteiger partial charge in [-0.25, -0.2) is 4.99 Å². The highest BCUT2D eigenvalue weighted by Gasteiger charge is 2.35. The van der Waals surface area contributed by atoms with Gasteiger partial charge < -0.3 is 15.2 Å². The predicted octanol–water partition coefficient (Wildman–Crippen LogP) is 6.02. The Kier molecular flexibility index (Phi) is 7.34. The van der Waals surface area contributed by atoms with E-state index >= 15 is 0 Å². The highest BCUT2D eigenvalue weighted by atomic mass is 19.3. The van der Waals surface area contributed by atoms with Crippen LogP contribution in [0.15, 0.2) is 78.8 Å². The van der Waals surface area contributed by atoms with Crippen molar-refractivity contribution >= 4 is 11.5 Å². The lowest BCUT2D eigenvalue weighted by Crippen LogP contribution is -2.24. The Morgan fingerprint density at radius 1 is 1.10 bits per heavy atom. The van der Waals surface area contributed by atoms with Gasteiger partial charge in [0.05, 0.1) is 30.6 Å². The Bertz CT molecular complexity index is 1560. The van der Waals surface area contributed by atoms with Gasteiger partial charge in [0.1, 0.15) is 18.1 Å². The van der Waals surface area contributed by atoms with E-state index in [4.69, 9.17) is 20.2 Å². The summed E-state index contributed by atoms with van der Waals surface area (Å²) in [6.07, 6.45) is 8.29. The van der Waals surface area contributed by atoms with E-state index in [9.17, 15) is 8.78 Å². The van der Waals surface area contributed by atoms with Crippen molar-refractivity contribution < 1.29 is 18.3 Å². The summed E-state index contributed by atoms with van der Waals surface area (Å²) in [6.45, 7) is 5.40. The van der Waals surface area contributed by atoms with E-state index in [1.165, 1.54) is 12.3 Å². The number of halogens is 2. The molecule has 0 bridgehead atoms. The molecular formula is C30H30F2N6O2. The summed E-state index contributed by atoms with van der Waals surface area (Å²) in [5, 5.41) is 4.24. The molecule has 1 aliphatic rings. The van der Waals surface area contributed by atoms with E-state index in [1.807, 2.05) is 43.7 Å². The monoisotopic (exact) mass is 544 g/mol. The maximum atomic E-state index is 13.8. The Balaban J connectivity index is 1.35. The van der Waals surface area contributed by atoms with Gasteiger partial charge in [0.25, 0.3) is 0 Å². The largest absolute Gasteiger partial charge is 0.493 e. The molecule has 0 saturated heterocycles. The molecule has 8 nitrogen and oxygen atoms in total. The summed E-state index contributed by atoms with van der Waals surface area (Å²) in [6, 6.07) is 10.6. The zero-order valence-corrected chi connectivity index (χ0v) is 22.5. The standard InChI is InChI=1S/C30H30F2N6O2/c1-5-22(27-28-23(37-29(27)33)11-20(14-35-28)21-15-36-38(3)16-21)19-8-9-24(25(12-19)39-4)40-17-18-7-10-26(34-13-18)30(31,32)6-2/h6-16,22,27H,2,5,17H2,1,3-4H3,(H2,33,37). The SMILES string of the molecule is C=CC(F)(F)c1ccc(COc2ccc(C(CC)C3C(N)=Nc4cc(-c5cnn(C)c5)cnc43)cc2OC)cn1. The van der Waals surface area contributed by atoms with Crippen LogP contribution < -0.4 is 15.2 Å². The van der Waals surface area contributed by atoms with Gasteiger partial charge in [-0.05, 0) is 48.2 Å². The number of methoxy groups -OCH3 is 1. The number of pyridine rings is 2. The van der Waals surface area contributed by atoms with Crippen LogP contribution in [0.3, 0.4) is 0 Å². The normalized spacial score (nSPS) is 15.3. The number of amidine groups is 1. The van der Waals surface area contributed by atoms with Crippen LogP contribution in [-0.2, 0) is 19.6 Å². The number of nitrogens with two attached hydrogens (primary N) is 1. The summed E-state index contributed by atoms with van der Waals surface area (Å²) in [7, 11) is 3.44. The summed E-state index contributed by atoms with van der Waals surface area (Å²) < 4.78 is 40.8. The molecule has 4 aromatic rings. The minimum Gasteiger partial charge on any atom is -0.493 e. The molecule has 4 heterocycles. The maximum absolute atomic E-state index is 13.8. The number of hydrogen-bond donors (Lipinski definition) is 1. The highest BCUT2D eigenvalue weighted by Crippen LogP contribution is 2.45. The predicted molar refractivity (Wildman–Crippen MR) is 149 cm³/mol. The van der Waals surface area contributed by atoms with Crippen molar-refractivity contribution in [1.29, 1.82) is 0 Å². The van der Waals surface area contributed by atoms with Gasteiger partial charge in [-0.1, -0.05) is 25.6 Å². The van der Waals surface area contributed by atoms with Crippen LogP contribution in [0, 0.1) is 0 Å². The van der Waals surface area contributed by atoms with Crippen molar-refractivity contribution in [3.05, 3.63) is 96.4 Å². The van der Waals surface area contributed by atoms with Gasteiger partial charge in [-0.3, -0.25) is 14.6 Å². The number of rotatable bonds is 10. The molecule has 0 saturated carbocycles. The van der Waals surface area contributed by atoms with Crippen LogP contribution in [0.2, 0.25) is 0 Å². The Hall–Kier alpha value is -4.60. The molecule has 2 unspecified atom stereocenters. The molecule has 0 amide bonds. The lowest BCUT2D eigenvalue weighted by molar-refractivity contribution is 0.0475. The second-order valence-corrected chi connectivity index (χ2v) is 9.64. The maximum Gasteiger partial charge on any atom is 0.307 e. The summed E-state index contributed by atoms with van der Waals surface area (Å²) in [5.74, 6) is -1.76. The number of benzene rings is 1. The third-order valence-corrected chi connectivity index (χ3v) is 7.07. The molecule has 2 atom stereocenters. The van der Waals surface area contributed by atoms with Gasteiger partial charge >= 0.3 is 5.92 Å². The van der Waals surface area contributed by atoms with E-state index in [1.54, 1.807) is 24.1 Å². The minimum absolute atomic E-state index is 0.00737. The summed E-state index contributed by atoms with van der Waals surface area (Å²) in [4.78, 5) is 13.3. The zero-order valence-electron chi connectivity index (χ0n) is 22.5. The van der Waals surface area contributed by atoms with E-state index in [0.717, 1.165) is 34.5 Å². The van der Waals surface area contributed by atoms with Crippen molar-refractivity contribution in [3.63, 3.8) is 0 Å². The van der Waals surface area contributed by atoms with Gasteiger partial charge in [0, 0.05) is 42.3 Å². The molecular weight excluding hydrogens is 514 g/mol. The molecule has 0 radical (unpaired) electrons. The number of ether oxygens (including phenoxy) is 2. The topological polar surface area (TPSA) is 100 Å². The zero-order chi connectivity index (χ0) is 28.4. The molecule has 40 heavy (non-hydrogen) atoms. The Labute approximate surface area is 231 Å². The third kappa shape index (κ3) is 5.16. The number of nitrogens with zero attached hydrogens (tertiary/aromatic N) is 5. The van der Waals surface area contributed by atoms with E-state index in [2.05, 4.69) is 28.6 Å². The van der Waals surface area contributed by atoms with Crippen molar-refractivity contribution in [2.24, 2.45) is 17.8 Å². The van der Waals surface area contributed by atoms with Crippen molar-refractivity contribution in [2.75, 3.05) is 7.11 Å². The average Bonchev–Trinajstić information content (AvgIpc) is 3.54. The first kappa shape index (κ1) is 27.0. The highest BCUT2D eigenvalue weighted by molar-refractivity contribution is 5.96. The van der Waals surface area contributed by atoms with Crippen LogP contribution in [0.25, 0.3) is 11.1 Å². The van der Waals surface area contributed by atoms with E-state index < -0.39 is 5.92 Å². The number of alkyl halides is 2. The van der Waals surface area contributed by atoms with Gasteiger partial charge in [0.2, 0.25) is 0 Å². The number of allylic oxidation sites excluding steroid dienone is 1. The van der Waals surface area contributed by atoms with Crippen LogP contribution in [0.5, 0.6) is 11.5 Å². The molecule has 5 rings (SSSR count). The minimum atomic E-state index is -3.18. The quantitative estimate of drug-likeness (QED) is 0.245. The smallest absolute Gasteiger partial charge is 0.307 e. The lowest BCUT2D eigenvalue weighted by Gasteiger charge is -2.24. The first-order valence-electron chi connectivity index (χ1n) is 12.8. The molecule has 2 N–H and O–H groups in total.